The van der Waals surface area contributed by atoms with Gasteiger partial charge < -0.3 is 5.32 Å². The minimum Gasteiger partial charge on any atom is -0.355 e. The third kappa shape index (κ3) is 6.13. The van der Waals surface area contributed by atoms with E-state index >= 15 is 0 Å². The molecule has 1 rings (SSSR count). The highest BCUT2D eigenvalue weighted by molar-refractivity contribution is 6.30. The van der Waals surface area contributed by atoms with Gasteiger partial charge in [0.2, 0.25) is 11.8 Å². The van der Waals surface area contributed by atoms with Gasteiger partial charge in [-0.1, -0.05) is 32.4 Å². The largest absolute Gasteiger partial charge is 0.355 e. The van der Waals surface area contributed by atoms with Crippen LogP contribution in [-0.2, 0) is 9.59 Å². The van der Waals surface area contributed by atoms with Crippen molar-refractivity contribution in [3.05, 3.63) is 34.9 Å². The molecule has 7 heteroatoms. The molecule has 0 aliphatic rings. The van der Waals surface area contributed by atoms with Gasteiger partial charge in [-0.2, -0.15) is 0 Å². The zero-order chi connectivity index (χ0) is 16.8. The van der Waals surface area contributed by atoms with E-state index in [-0.39, 0.29) is 18.9 Å². The summed E-state index contributed by atoms with van der Waals surface area (Å²) in [6.07, 6.45) is 0.0721. The summed E-state index contributed by atoms with van der Waals surface area (Å²) in [5.41, 5.74) is 4.46. The van der Waals surface area contributed by atoms with Gasteiger partial charge >= 0.3 is 0 Å². The predicted molar refractivity (Wildman–Crippen MR) is 84.1 cm³/mol. The molecule has 0 spiro atoms. The summed E-state index contributed by atoms with van der Waals surface area (Å²) in [6.45, 7) is 5.57. The van der Waals surface area contributed by atoms with Crippen molar-refractivity contribution in [3.8, 4) is 0 Å². The van der Waals surface area contributed by atoms with E-state index in [9.17, 15) is 14.4 Å². The number of hydrazine groups is 1. The van der Waals surface area contributed by atoms with Crippen molar-refractivity contribution in [3.63, 3.8) is 0 Å². The Balaban J connectivity index is 2.30. The molecule has 22 heavy (non-hydrogen) atoms. The Bertz CT molecular complexity index is 550. The number of carbonyl (C=O) groups excluding carboxylic acids is 3. The van der Waals surface area contributed by atoms with Crippen LogP contribution in [0.1, 0.15) is 37.6 Å². The maximum Gasteiger partial charge on any atom is 0.269 e. The van der Waals surface area contributed by atoms with Crippen LogP contribution in [0.15, 0.2) is 24.3 Å². The molecule has 0 bridgehead atoms. The van der Waals surface area contributed by atoms with Crippen LogP contribution in [0.5, 0.6) is 0 Å². The molecule has 0 saturated carbocycles. The summed E-state index contributed by atoms with van der Waals surface area (Å²) >= 11 is 5.72. The number of halogens is 1. The predicted octanol–water partition coefficient (Wildman–Crippen LogP) is 1.65. The molecule has 6 nitrogen and oxygen atoms in total. The van der Waals surface area contributed by atoms with E-state index in [1.165, 1.54) is 0 Å². The Morgan fingerprint density at radius 1 is 1.05 bits per heavy atom. The fraction of sp³-hybridized carbons (Fsp3) is 0.400. The lowest BCUT2D eigenvalue weighted by atomic mass is 9.96. The van der Waals surface area contributed by atoms with Crippen molar-refractivity contribution in [1.82, 2.24) is 16.2 Å². The molecular formula is C15H20ClN3O3. The number of nitrogens with one attached hydrogen (secondary N) is 3. The maximum atomic E-state index is 11.7. The number of hydrogen-bond acceptors (Lipinski definition) is 3. The zero-order valence-corrected chi connectivity index (χ0v) is 13.6. The lowest BCUT2D eigenvalue weighted by Gasteiger charge is -2.17. The van der Waals surface area contributed by atoms with Crippen LogP contribution in [0.2, 0.25) is 5.02 Å². The molecule has 0 atom stereocenters. The van der Waals surface area contributed by atoms with Crippen LogP contribution >= 0.6 is 11.6 Å². The van der Waals surface area contributed by atoms with Gasteiger partial charge in [0.05, 0.1) is 0 Å². The molecule has 0 heterocycles. The molecule has 3 amide bonds. The van der Waals surface area contributed by atoms with Crippen molar-refractivity contribution in [2.24, 2.45) is 5.41 Å². The molecule has 0 aliphatic carbocycles. The summed E-state index contributed by atoms with van der Waals surface area (Å²) in [4.78, 5) is 34.9. The first kappa shape index (κ1) is 18.0. The molecule has 0 unspecified atom stereocenters. The van der Waals surface area contributed by atoms with E-state index in [4.69, 9.17) is 11.6 Å². The smallest absolute Gasteiger partial charge is 0.269 e. The van der Waals surface area contributed by atoms with Crippen LogP contribution in [-0.4, -0.2) is 24.3 Å². The number of benzene rings is 1. The first-order valence-corrected chi connectivity index (χ1v) is 7.21. The molecule has 0 saturated heterocycles. The summed E-state index contributed by atoms with van der Waals surface area (Å²) in [6, 6.07) is 6.27. The zero-order valence-electron chi connectivity index (χ0n) is 12.8. The van der Waals surface area contributed by atoms with Crippen molar-refractivity contribution in [1.29, 1.82) is 0 Å². The lowest BCUT2D eigenvalue weighted by Crippen LogP contribution is -2.43. The maximum absolute atomic E-state index is 11.7. The Morgan fingerprint density at radius 3 is 2.18 bits per heavy atom. The monoisotopic (exact) mass is 325 g/mol. The molecular weight excluding hydrogens is 306 g/mol. The first-order chi connectivity index (χ1) is 10.2. The highest BCUT2D eigenvalue weighted by atomic mass is 35.5. The first-order valence-electron chi connectivity index (χ1n) is 6.83. The third-order valence-corrected chi connectivity index (χ3v) is 2.99. The summed E-state index contributed by atoms with van der Waals surface area (Å²) < 4.78 is 0. The van der Waals surface area contributed by atoms with Crippen molar-refractivity contribution >= 4 is 29.3 Å². The molecule has 0 aliphatic heterocycles. The van der Waals surface area contributed by atoms with Gasteiger partial charge in [-0.3, -0.25) is 25.2 Å². The Labute approximate surface area is 134 Å². The second-order valence-electron chi connectivity index (χ2n) is 5.77. The summed E-state index contributed by atoms with van der Waals surface area (Å²) in [7, 11) is 0. The van der Waals surface area contributed by atoms with Gasteiger partial charge in [0, 0.05) is 29.0 Å². The molecule has 0 aromatic heterocycles. The fourth-order valence-corrected chi connectivity index (χ4v) is 1.54. The van der Waals surface area contributed by atoms with Gasteiger partial charge in [0.25, 0.3) is 5.91 Å². The Kier molecular flexibility index (Phi) is 6.37. The highest BCUT2D eigenvalue weighted by Crippen LogP contribution is 2.12. The van der Waals surface area contributed by atoms with Crippen LogP contribution in [0.3, 0.4) is 0 Å². The SMILES string of the molecule is CC(C)(C)C(=O)NCCC(=O)NNC(=O)c1ccc(Cl)cc1. The van der Waals surface area contributed by atoms with E-state index in [2.05, 4.69) is 16.2 Å². The van der Waals surface area contributed by atoms with E-state index in [1.807, 2.05) is 0 Å². The normalized spacial score (nSPS) is 10.7. The molecule has 0 fully saturated rings. The van der Waals surface area contributed by atoms with Crippen molar-refractivity contribution < 1.29 is 14.4 Å². The van der Waals surface area contributed by atoms with Gasteiger partial charge in [-0.05, 0) is 24.3 Å². The Hall–Kier alpha value is -2.08. The standard InChI is InChI=1S/C15H20ClN3O3/c1-15(2,3)14(22)17-9-8-12(20)18-19-13(21)10-4-6-11(16)7-5-10/h4-7H,8-9H2,1-3H3,(H,17,22)(H,18,20)(H,19,21). The van der Waals surface area contributed by atoms with Crippen molar-refractivity contribution in [2.45, 2.75) is 27.2 Å². The van der Waals surface area contributed by atoms with E-state index in [1.54, 1.807) is 45.0 Å². The lowest BCUT2D eigenvalue weighted by molar-refractivity contribution is -0.128. The molecule has 0 radical (unpaired) electrons. The van der Waals surface area contributed by atoms with Crippen LogP contribution < -0.4 is 16.2 Å². The van der Waals surface area contributed by atoms with Gasteiger partial charge in [-0.15, -0.1) is 0 Å². The quantitative estimate of drug-likeness (QED) is 0.736. The number of amides is 3. The number of hydrogen-bond donors (Lipinski definition) is 3. The van der Waals surface area contributed by atoms with Crippen molar-refractivity contribution in [2.75, 3.05) is 6.54 Å². The average molecular weight is 326 g/mol. The molecule has 3 N–H and O–H groups in total. The van der Waals surface area contributed by atoms with Crippen LogP contribution in [0.25, 0.3) is 0 Å². The second kappa shape index (κ2) is 7.79. The summed E-state index contributed by atoms with van der Waals surface area (Å²) in [5.74, 6) is -0.967. The van der Waals surface area contributed by atoms with Gasteiger partial charge in [-0.25, -0.2) is 0 Å². The van der Waals surface area contributed by atoms with Gasteiger partial charge in [0.1, 0.15) is 0 Å². The van der Waals surface area contributed by atoms with E-state index < -0.39 is 17.2 Å². The van der Waals surface area contributed by atoms with Crippen LogP contribution in [0.4, 0.5) is 0 Å². The van der Waals surface area contributed by atoms with E-state index in [0.29, 0.717) is 10.6 Å². The molecule has 1 aromatic rings. The highest BCUT2D eigenvalue weighted by Gasteiger charge is 2.20. The Morgan fingerprint density at radius 2 is 1.64 bits per heavy atom. The van der Waals surface area contributed by atoms with Gasteiger partial charge in [0.15, 0.2) is 0 Å². The number of carbonyl (C=O) groups is 3. The third-order valence-electron chi connectivity index (χ3n) is 2.74. The topological polar surface area (TPSA) is 87.3 Å². The molecule has 120 valence electrons. The average Bonchev–Trinajstić information content (AvgIpc) is 2.44. The molecule has 1 aromatic carbocycles. The second-order valence-corrected chi connectivity index (χ2v) is 6.20. The van der Waals surface area contributed by atoms with E-state index in [0.717, 1.165) is 0 Å². The van der Waals surface area contributed by atoms with Crippen LogP contribution in [0, 0.1) is 5.41 Å². The minimum atomic E-state index is -0.501. The summed E-state index contributed by atoms with van der Waals surface area (Å²) in [5, 5.41) is 3.18. The minimum absolute atomic E-state index is 0.0721. The number of rotatable bonds is 4. The fourth-order valence-electron chi connectivity index (χ4n) is 1.42.